The largest absolute Gasteiger partial charge is 0.481 e. The van der Waals surface area contributed by atoms with Crippen LogP contribution in [0.3, 0.4) is 0 Å². The van der Waals surface area contributed by atoms with E-state index >= 15 is 0 Å². The molecule has 9 heteroatoms. The summed E-state index contributed by atoms with van der Waals surface area (Å²) in [5.74, 6) is 1.29. The summed E-state index contributed by atoms with van der Waals surface area (Å²) < 4.78 is 7.42. The summed E-state index contributed by atoms with van der Waals surface area (Å²) in [6.07, 6.45) is 8.23. The smallest absolute Gasteiger partial charge is 0.257 e. The summed E-state index contributed by atoms with van der Waals surface area (Å²) in [5.41, 5.74) is 2.48. The Morgan fingerprint density at radius 1 is 1.11 bits per heavy atom. The minimum atomic E-state index is -0.411. The van der Waals surface area contributed by atoms with Crippen LogP contribution in [0.15, 0.2) is 48.8 Å². The highest BCUT2D eigenvalue weighted by Crippen LogP contribution is 2.50. The molecule has 4 heterocycles. The fourth-order valence-electron chi connectivity index (χ4n) is 6.19. The van der Waals surface area contributed by atoms with Crippen molar-refractivity contribution in [1.29, 1.82) is 0 Å². The van der Waals surface area contributed by atoms with Crippen molar-refractivity contribution in [2.24, 2.45) is 0 Å². The van der Waals surface area contributed by atoms with E-state index in [0.29, 0.717) is 24.9 Å². The normalized spacial score (nSPS) is 23.0. The summed E-state index contributed by atoms with van der Waals surface area (Å²) in [6.45, 7) is 5.07. The molecule has 0 bridgehead atoms. The van der Waals surface area contributed by atoms with E-state index in [1.807, 2.05) is 23.1 Å². The van der Waals surface area contributed by atoms with Crippen molar-refractivity contribution in [1.82, 2.24) is 24.6 Å². The van der Waals surface area contributed by atoms with Gasteiger partial charge in [0.1, 0.15) is 0 Å². The number of anilines is 1. The summed E-state index contributed by atoms with van der Waals surface area (Å²) in [7, 11) is 1.61. The molecule has 2 saturated heterocycles. The zero-order valence-electron chi connectivity index (χ0n) is 22.2. The Hall–Kier alpha value is -3.46. The molecule has 1 aromatic carbocycles. The molecule has 0 radical (unpaired) electrons. The molecule has 3 fully saturated rings. The van der Waals surface area contributed by atoms with Gasteiger partial charge in [-0.3, -0.25) is 9.48 Å². The number of hydrogen-bond acceptors (Lipinski definition) is 7. The van der Waals surface area contributed by atoms with Gasteiger partial charge in [0.2, 0.25) is 11.8 Å². The van der Waals surface area contributed by atoms with Gasteiger partial charge in [0, 0.05) is 49.3 Å². The number of aromatic nitrogens is 4. The van der Waals surface area contributed by atoms with Gasteiger partial charge >= 0.3 is 0 Å². The SMILES string of the molecule is COc1ccnc(N2CCC(n3ncc(C(=O)N4CCC(CO)(c5ccccc5)C4)c3C3(C)CC3)CC2)n1. The van der Waals surface area contributed by atoms with Crippen molar-refractivity contribution in [2.75, 3.05) is 44.8 Å². The van der Waals surface area contributed by atoms with Crippen LogP contribution in [0.25, 0.3) is 0 Å². The maximum absolute atomic E-state index is 13.9. The van der Waals surface area contributed by atoms with Gasteiger partial charge in [-0.15, -0.1) is 0 Å². The van der Waals surface area contributed by atoms with Crippen molar-refractivity contribution in [2.45, 2.75) is 55.9 Å². The van der Waals surface area contributed by atoms with Gasteiger partial charge in [0.05, 0.1) is 37.2 Å². The maximum Gasteiger partial charge on any atom is 0.257 e. The van der Waals surface area contributed by atoms with E-state index in [1.165, 1.54) is 0 Å². The molecule has 200 valence electrons. The van der Waals surface area contributed by atoms with Gasteiger partial charge in [-0.1, -0.05) is 37.3 Å². The molecule has 38 heavy (non-hydrogen) atoms. The van der Waals surface area contributed by atoms with Crippen LogP contribution >= 0.6 is 0 Å². The Bertz CT molecular complexity index is 1300. The molecule has 2 aromatic heterocycles. The number of benzene rings is 1. The van der Waals surface area contributed by atoms with Crippen molar-refractivity contribution in [3.63, 3.8) is 0 Å². The van der Waals surface area contributed by atoms with Crippen molar-refractivity contribution >= 4 is 11.9 Å². The summed E-state index contributed by atoms with van der Waals surface area (Å²) in [5, 5.41) is 15.2. The standard InChI is InChI=1S/C29H36N6O3/c1-28(11-12-28)25-23(26(37)34-17-13-29(19-34,20-36)21-6-4-3-5-7-21)18-31-35(25)22-9-15-33(16-10-22)27-30-14-8-24(32-27)38-2/h3-8,14,18,22,36H,9-13,15-17,19-20H2,1-2H3. The third kappa shape index (κ3) is 4.32. The first-order valence-corrected chi connectivity index (χ1v) is 13.6. The van der Waals surface area contributed by atoms with Gasteiger partial charge in [-0.05, 0) is 37.7 Å². The Kier molecular flexibility index (Phi) is 6.34. The predicted molar refractivity (Wildman–Crippen MR) is 144 cm³/mol. The number of hydrogen-bond donors (Lipinski definition) is 1. The van der Waals surface area contributed by atoms with E-state index in [2.05, 4.69) is 38.6 Å². The van der Waals surface area contributed by atoms with Crippen LogP contribution in [-0.4, -0.2) is 75.6 Å². The minimum absolute atomic E-state index is 0.0121. The minimum Gasteiger partial charge on any atom is -0.481 e. The Morgan fingerprint density at radius 3 is 2.55 bits per heavy atom. The topological polar surface area (TPSA) is 96.6 Å². The second kappa shape index (κ2) is 9.69. The zero-order chi connectivity index (χ0) is 26.3. The number of carbonyl (C=O) groups excluding carboxylic acids is 1. The van der Waals surface area contributed by atoms with Crippen molar-refractivity contribution < 1.29 is 14.6 Å². The molecule has 6 rings (SSSR count). The second-order valence-electron chi connectivity index (χ2n) is 11.3. The highest BCUT2D eigenvalue weighted by atomic mass is 16.5. The predicted octanol–water partition coefficient (Wildman–Crippen LogP) is 3.35. The van der Waals surface area contributed by atoms with E-state index in [-0.39, 0.29) is 24.0 Å². The Balaban J connectivity index is 1.21. The first-order chi connectivity index (χ1) is 18.5. The van der Waals surface area contributed by atoms with E-state index in [4.69, 9.17) is 9.84 Å². The van der Waals surface area contributed by atoms with E-state index in [0.717, 1.165) is 62.0 Å². The van der Waals surface area contributed by atoms with Gasteiger partial charge in [-0.2, -0.15) is 10.1 Å². The lowest BCUT2D eigenvalue weighted by atomic mass is 9.80. The molecule has 3 aromatic rings. The highest BCUT2D eigenvalue weighted by Gasteiger charge is 2.48. The fraction of sp³-hybridized carbons (Fsp3) is 0.517. The molecule has 1 aliphatic carbocycles. The average molecular weight is 517 g/mol. The molecule has 2 aliphatic heterocycles. The lowest BCUT2D eigenvalue weighted by Crippen LogP contribution is -2.38. The lowest BCUT2D eigenvalue weighted by Gasteiger charge is -2.33. The van der Waals surface area contributed by atoms with Crippen LogP contribution < -0.4 is 9.64 Å². The quantitative estimate of drug-likeness (QED) is 0.514. The van der Waals surface area contributed by atoms with Gasteiger partial charge in [-0.25, -0.2) is 4.98 Å². The van der Waals surface area contributed by atoms with E-state index in [1.54, 1.807) is 25.6 Å². The monoisotopic (exact) mass is 516 g/mol. The molecule has 9 nitrogen and oxygen atoms in total. The highest BCUT2D eigenvalue weighted by molar-refractivity contribution is 5.96. The van der Waals surface area contributed by atoms with Crippen LogP contribution in [0, 0.1) is 0 Å². The van der Waals surface area contributed by atoms with Crippen LogP contribution in [0.4, 0.5) is 5.95 Å². The maximum atomic E-state index is 13.9. The molecule has 1 unspecified atom stereocenters. The Labute approximate surface area is 223 Å². The first kappa shape index (κ1) is 24.9. The number of aliphatic hydroxyl groups is 1. The number of carbonyl (C=O) groups is 1. The van der Waals surface area contributed by atoms with Gasteiger partial charge < -0.3 is 19.6 Å². The molecule has 0 spiro atoms. The zero-order valence-corrected chi connectivity index (χ0v) is 22.2. The van der Waals surface area contributed by atoms with Crippen LogP contribution in [0.1, 0.15) is 66.7 Å². The summed E-state index contributed by atoms with van der Waals surface area (Å²) in [4.78, 5) is 27.0. The van der Waals surface area contributed by atoms with Crippen molar-refractivity contribution in [3.05, 3.63) is 65.6 Å². The molecular weight excluding hydrogens is 480 g/mol. The molecule has 1 amide bonds. The van der Waals surface area contributed by atoms with Crippen LogP contribution in [0.2, 0.25) is 0 Å². The Morgan fingerprint density at radius 2 is 1.87 bits per heavy atom. The van der Waals surface area contributed by atoms with Gasteiger partial charge in [0.25, 0.3) is 5.91 Å². The van der Waals surface area contributed by atoms with E-state index in [9.17, 15) is 9.90 Å². The number of likely N-dealkylation sites (tertiary alicyclic amines) is 1. The third-order valence-corrected chi connectivity index (χ3v) is 8.85. The number of nitrogens with zero attached hydrogens (tertiary/aromatic N) is 6. The van der Waals surface area contributed by atoms with Gasteiger partial charge in [0.15, 0.2) is 0 Å². The molecular formula is C29H36N6O3. The summed E-state index contributed by atoms with van der Waals surface area (Å²) >= 11 is 0. The summed E-state index contributed by atoms with van der Waals surface area (Å²) in [6, 6.07) is 12.1. The number of piperidine rings is 1. The number of ether oxygens (including phenoxy) is 1. The third-order valence-electron chi connectivity index (χ3n) is 8.85. The molecule has 1 saturated carbocycles. The number of rotatable bonds is 7. The first-order valence-electron chi connectivity index (χ1n) is 13.6. The average Bonchev–Trinajstić information content (AvgIpc) is 3.37. The molecule has 1 atom stereocenters. The van der Waals surface area contributed by atoms with Crippen LogP contribution in [-0.2, 0) is 10.8 Å². The second-order valence-corrected chi connectivity index (χ2v) is 11.3. The van der Waals surface area contributed by atoms with Crippen molar-refractivity contribution in [3.8, 4) is 5.88 Å². The fourth-order valence-corrected chi connectivity index (χ4v) is 6.19. The molecule has 1 N–H and O–H groups in total. The van der Waals surface area contributed by atoms with Crippen LogP contribution in [0.5, 0.6) is 5.88 Å². The molecule has 3 aliphatic rings. The van der Waals surface area contributed by atoms with E-state index < -0.39 is 5.41 Å². The lowest BCUT2D eigenvalue weighted by molar-refractivity contribution is 0.0771. The number of aliphatic hydroxyl groups excluding tert-OH is 1. The number of amides is 1. The number of methoxy groups -OCH3 is 1.